The Morgan fingerprint density at radius 2 is 2.20 bits per heavy atom. The topological polar surface area (TPSA) is 65.5 Å². The molecule has 2 rings (SSSR count). The number of furan rings is 1. The molecule has 20 heavy (non-hydrogen) atoms. The number of esters is 1. The lowest BCUT2D eigenvalue weighted by Gasteiger charge is -2.11. The maximum atomic E-state index is 13.7. The molecule has 0 saturated carbocycles. The third-order valence-electron chi connectivity index (χ3n) is 2.86. The van der Waals surface area contributed by atoms with Gasteiger partial charge in [0.2, 0.25) is 5.76 Å². The van der Waals surface area contributed by atoms with E-state index in [0.29, 0.717) is 16.3 Å². The van der Waals surface area contributed by atoms with E-state index in [4.69, 9.17) is 21.8 Å². The van der Waals surface area contributed by atoms with Crippen LogP contribution in [0.2, 0.25) is 5.02 Å². The minimum atomic E-state index is -0.609. The second-order valence-electron chi connectivity index (χ2n) is 4.20. The summed E-state index contributed by atoms with van der Waals surface area (Å²) in [6.45, 7) is 0. The number of carbonyl (C=O) groups excluding carboxylic acids is 1. The molecule has 1 unspecified atom stereocenters. The van der Waals surface area contributed by atoms with Crippen molar-refractivity contribution >= 4 is 17.6 Å². The van der Waals surface area contributed by atoms with Crippen LogP contribution in [0.15, 0.2) is 34.7 Å². The lowest BCUT2D eigenvalue weighted by atomic mass is 10.0. The van der Waals surface area contributed by atoms with E-state index < -0.39 is 17.8 Å². The van der Waals surface area contributed by atoms with E-state index in [9.17, 15) is 9.18 Å². The van der Waals surface area contributed by atoms with Gasteiger partial charge in [-0.2, -0.15) is 0 Å². The molecular weight excluding hydrogens is 285 g/mol. The summed E-state index contributed by atoms with van der Waals surface area (Å²) in [6, 6.07) is 6.85. The average molecular weight is 298 g/mol. The first-order valence-electron chi connectivity index (χ1n) is 5.89. The third kappa shape index (κ3) is 3.00. The number of hydrogen-bond donors (Lipinski definition) is 1. The number of hydrogen-bond acceptors (Lipinski definition) is 4. The first kappa shape index (κ1) is 14.6. The molecule has 1 heterocycles. The van der Waals surface area contributed by atoms with Gasteiger partial charge in [0.15, 0.2) is 0 Å². The van der Waals surface area contributed by atoms with E-state index in [1.165, 1.54) is 25.3 Å². The minimum absolute atomic E-state index is 0.0533. The summed E-state index contributed by atoms with van der Waals surface area (Å²) in [4.78, 5) is 11.3. The Hall–Kier alpha value is -1.85. The molecule has 6 heteroatoms. The Morgan fingerprint density at radius 3 is 2.85 bits per heavy atom. The van der Waals surface area contributed by atoms with Crippen LogP contribution in [0.1, 0.15) is 27.9 Å². The van der Waals surface area contributed by atoms with Gasteiger partial charge < -0.3 is 14.9 Å². The number of halogens is 2. The number of benzene rings is 1. The van der Waals surface area contributed by atoms with Crippen LogP contribution in [0.4, 0.5) is 4.39 Å². The van der Waals surface area contributed by atoms with Gasteiger partial charge in [-0.05, 0) is 30.7 Å². The van der Waals surface area contributed by atoms with E-state index in [-0.39, 0.29) is 12.2 Å². The van der Waals surface area contributed by atoms with Crippen LogP contribution >= 0.6 is 11.6 Å². The predicted molar refractivity (Wildman–Crippen MR) is 72.1 cm³/mol. The zero-order chi connectivity index (χ0) is 14.7. The Balaban J connectivity index is 2.18. The summed E-state index contributed by atoms with van der Waals surface area (Å²) >= 11 is 5.94. The lowest BCUT2D eigenvalue weighted by molar-refractivity contribution is 0.0562. The van der Waals surface area contributed by atoms with Gasteiger partial charge in [0, 0.05) is 10.6 Å². The first-order valence-corrected chi connectivity index (χ1v) is 6.27. The highest BCUT2D eigenvalue weighted by Gasteiger charge is 2.18. The van der Waals surface area contributed by atoms with Gasteiger partial charge in [0.25, 0.3) is 0 Å². The number of rotatable bonds is 4. The van der Waals surface area contributed by atoms with E-state index in [1.54, 1.807) is 12.1 Å². The highest BCUT2D eigenvalue weighted by Crippen LogP contribution is 2.25. The van der Waals surface area contributed by atoms with Gasteiger partial charge in [-0.15, -0.1) is 0 Å². The Morgan fingerprint density at radius 1 is 1.45 bits per heavy atom. The molecule has 1 atom stereocenters. The van der Waals surface area contributed by atoms with Crippen molar-refractivity contribution in [1.29, 1.82) is 0 Å². The summed E-state index contributed by atoms with van der Waals surface area (Å²) in [5.74, 6) is -0.595. The maximum Gasteiger partial charge on any atom is 0.373 e. The Labute approximate surface area is 120 Å². The Kier molecular flexibility index (Phi) is 4.42. The lowest BCUT2D eigenvalue weighted by Crippen LogP contribution is -2.14. The van der Waals surface area contributed by atoms with Gasteiger partial charge in [-0.1, -0.05) is 17.7 Å². The molecule has 0 fully saturated rings. The molecule has 0 aliphatic rings. The van der Waals surface area contributed by atoms with Crippen molar-refractivity contribution in [1.82, 2.24) is 0 Å². The molecule has 106 valence electrons. The van der Waals surface area contributed by atoms with Gasteiger partial charge in [0.05, 0.1) is 13.2 Å². The van der Waals surface area contributed by atoms with E-state index in [1.807, 2.05) is 0 Å². The SMILES string of the molecule is COC(=O)c1ccc(C(N)Cc2c(F)cccc2Cl)o1. The van der Waals surface area contributed by atoms with E-state index >= 15 is 0 Å². The number of nitrogens with two attached hydrogens (primary N) is 1. The normalized spacial score (nSPS) is 12.2. The third-order valence-corrected chi connectivity index (χ3v) is 3.22. The second kappa shape index (κ2) is 6.07. The number of carbonyl (C=O) groups is 1. The second-order valence-corrected chi connectivity index (χ2v) is 4.61. The van der Waals surface area contributed by atoms with Crippen LogP contribution in [0.25, 0.3) is 0 Å². The van der Waals surface area contributed by atoms with Crippen LogP contribution in [0.5, 0.6) is 0 Å². The van der Waals surface area contributed by atoms with E-state index in [2.05, 4.69) is 4.74 Å². The largest absolute Gasteiger partial charge is 0.463 e. The van der Waals surface area contributed by atoms with E-state index in [0.717, 1.165) is 0 Å². The highest BCUT2D eigenvalue weighted by atomic mass is 35.5. The predicted octanol–water partition coefficient (Wildman–Crippen LogP) is 3.10. The first-order chi connectivity index (χ1) is 9.52. The summed E-state index contributed by atoms with van der Waals surface area (Å²) in [5, 5.41) is 0.306. The van der Waals surface area contributed by atoms with Crippen LogP contribution in [-0.2, 0) is 11.2 Å². The van der Waals surface area contributed by atoms with Crippen molar-refractivity contribution in [3.05, 3.63) is 58.3 Å². The van der Waals surface area contributed by atoms with Crippen LogP contribution in [0.3, 0.4) is 0 Å². The molecule has 0 aliphatic carbocycles. The van der Waals surface area contributed by atoms with Gasteiger partial charge >= 0.3 is 5.97 Å². The van der Waals surface area contributed by atoms with Crippen molar-refractivity contribution in [2.75, 3.05) is 7.11 Å². The zero-order valence-electron chi connectivity index (χ0n) is 10.7. The van der Waals surface area contributed by atoms with Crippen molar-refractivity contribution < 1.29 is 18.3 Å². The average Bonchev–Trinajstić information content (AvgIpc) is 2.92. The molecule has 2 N–H and O–H groups in total. The summed E-state index contributed by atoms with van der Waals surface area (Å²) < 4.78 is 23.5. The standard InChI is InChI=1S/C14H13ClFNO3/c1-19-14(18)13-6-5-12(20-13)11(17)7-8-9(15)3-2-4-10(8)16/h2-6,11H,7,17H2,1H3. The smallest absolute Gasteiger partial charge is 0.373 e. The summed E-state index contributed by atoms with van der Waals surface area (Å²) in [5.41, 5.74) is 6.27. The van der Waals surface area contributed by atoms with Crippen molar-refractivity contribution in [3.63, 3.8) is 0 Å². The molecule has 0 saturated heterocycles. The fourth-order valence-electron chi connectivity index (χ4n) is 1.81. The molecule has 4 nitrogen and oxygen atoms in total. The van der Waals surface area contributed by atoms with Crippen molar-refractivity contribution in [2.45, 2.75) is 12.5 Å². The minimum Gasteiger partial charge on any atom is -0.463 e. The van der Waals surface area contributed by atoms with Gasteiger partial charge in [-0.3, -0.25) is 0 Å². The van der Waals surface area contributed by atoms with Crippen LogP contribution < -0.4 is 5.73 Å². The molecule has 0 aliphatic heterocycles. The molecule has 0 amide bonds. The molecule has 1 aromatic heterocycles. The quantitative estimate of drug-likeness (QED) is 0.881. The number of ether oxygens (including phenoxy) is 1. The summed E-state index contributed by atoms with van der Waals surface area (Å²) in [7, 11) is 1.25. The molecular formula is C14H13ClFNO3. The fraction of sp³-hybridized carbons (Fsp3) is 0.214. The van der Waals surface area contributed by atoms with Crippen LogP contribution in [0, 0.1) is 5.82 Å². The van der Waals surface area contributed by atoms with Crippen LogP contribution in [-0.4, -0.2) is 13.1 Å². The van der Waals surface area contributed by atoms with Crippen molar-refractivity contribution in [3.8, 4) is 0 Å². The number of methoxy groups -OCH3 is 1. The molecule has 2 aromatic rings. The molecule has 0 bridgehead atoms. The fourth-order valence-corrected chi connectivity index (χ4v) is 2.05. The molecule has 1 aromatic carbocycles. The van der Waals surface area contributed by atoms with Gasteiger partial charge in [-0.25, -0.2) is 9.18 Å². The van der Waals surface area contributed by atoms with Gasteiger partial charge in [0.1, 0.15) is 11.6 Å². The maximum absolute atomic E-state index is 13.7. The highest BCUT2D eigenvalue weighted by molar-refractivity contribution is 6.31. The summed E-state index contributed by atoms with van der Waals surface area (Å²) in [6.07, 6.45) is 0.166. The van der Waals surface area contributed by atoms with Crippen molar-refractivity contribution in [2.24, 2.45) is 5.73 Å². The molecule has 0 radical (unpaired) electrons. The Bertz CT molecular complexity index is 606. The monoisotopic (exact) mass is 297 g/mol. The molecule has 0 spiro atoms. The zero-order valence-corrected chi connectivity index (χ0v) is 11.5.